The molecule has 3 aliphatic rings. The SMILES string of the molecule is Brc1cccc2c1N(c1ccccc1)C1=NC3=CC(C=CC=C3)N12. The first-order valence-electron chi connectivity index (χ1n) is 7.91. The van der Waals surface area contributed by atoms with Gasteiger partial charge in [-0.2, -0.15) is 0 Å². The summed E-state index contributed by atoms with van der Waals surface area (Å²) in [6.07, 6.45) is 10.6. The molecule has 24 heavy (non-hydrogen) atoms. The molecule has 0 radical (unpaired) electrons. The summed E-state index contributed by atoms with van der Waals surface area (Å²) in [6, 6.07) is 16.9. The highest BCUT2D eigenvalue weighted by Crippen LogP contribution is 2.48. The van der Waals surface area contributed by atoms with Crippen LogP contribution in [0.25, 0.3) is 0 Å². The molecule has 5 rings (SSSR count). The van der Waals surface area contributed by atoms with E-state index >= 15 is 0 Å². The Hall–Kier alpha value is -2.59. The molecule has 0 aromatic heterocycles. The maximum Gasteiger partial charge on any atom is 0.216 e. The maximum absolute atomic E-state index is 4.92. The third kappa shape index (κ3) is 1.93. The summed E-state index contributed by atoms with van der Waals surface area (Å²) in [5.74, 6) is 0.946. The van der Waals surface area contributed by atoms with Gasteiger partial charge in [0.05, 0.1) is 23.1 Å². The minimum absolute atomic E-state index is 0.171. The van der Waals surface area contributed by atoms with Crippen LogP contribution >= 0.6 is 15.9 Å². The second-order valence-electron chi connectivity index (χ2n) is 5.89. The number of halogens is 1. The van der Waals surface area contributed by atoms with Crippen LogP contribution in [0.2, 0.25) is 0 Å². The van der Waals surface area contributed by atoms with Crippen LogP contribution in [-0.2, 0) is 0 Å². The molecule has 0 saturated heterocycles. The summed E-state index contributed by atoms with van der Waals surface area (Å²) in [7, 11) is 0. The second-order valence-corrected chi connectivity index (χ2v) is 6.74. The van der Waals surface area contributed by atoms with E-state index in [-0.39, 0.29) is 6.04 Å². The zero-order chi connectivity index (χ0) is 16.1. The molecule has 2 heterocycles. The Morgan fingerprint density at radius 2 is 1.83 bits per heavy atom. The summed E-state index contributed by atoms with van der Waals surface area (Å²) in [5.41, 5.74) is 4.42. The maximum atomic E-state index is 4.92. The molecule has 1 aliphatic carbocycles. The number of fused-ring (bicyclic) bond motifs is 5. The van der Waals surface area contributed by atoms with Crippen LogP contribution in [0.4, 0.5) is 17.1 Å². The molecule has 0 spiro atoms. The number of hydrogen-bond acceptors (Lipinski definition) is 3. The molecule has 116 valence electrons. The number of benzene rings is 2. The number of para-hydroxylation sites is 2. The average molecular weight is 376 g/mol. The van der Waals surface area contributed by atoms with Crippen LogP contribution in [0.5, 0.6) is 0 Å². The number of nitrogens with zero attached hydrogens (tertiary/aromatic N) is 3. The Labute approximate surface area is 149 Å². The Morgan fingerprint density at radius 3 is 2.71 bits per heavy atom. The van der Waals surface area contributed by atoms with E-state index in [1.54, 1.807) is 0 Å². The third-order valence-electron chi connectivity index (χ3n) is 4.43. The van der Waals surface area contributed by atoms with Crippen molar-refractivity contribution in [1.29, 1.82) is 0 Å². The molecule has 2 aliphatic heterocycles. The van der Waals surface area contributed by atoms with Crippen molar-refractivity contribution in [2.45, 2.75) is 6.04 Å². The highest BCUT2D eigenvalue weighted by molar-refractivity contribution is 9.10. The Bertz CT molecular complexity index is 941. The van der Waals surface area contributed by atoms with Gasteiger partial charge in [0.25, 0.3) is 0 Å². The van der Waals surface area contributed by atoms with Gasteiger partial charge >= 0.3 is 0 Å². The van der Waals surface area contributed by atoms with Crippen LogP contribution in [0, 0.1) is 0 Å². The summed E-state index contributed by atoms with van der Waals surface area (Å²) in [4.78, 5) is 9.44. The molecule has 0 fully saturated rings. The summed E-state index contributed by atoms with van der Waals surface area (Å²) >= 11 is 3.73. The van der Waals surface area contributed by atoms with E-state index in [1.807, 2.05) is 12.1 Å². The van der Waals surface area contributed by atoms with Crippen molar-refractivity contribution in [1.82, 2.24) is 0 Å². The normalized spacial score (nSPS) is 20.3. The van der Waals surface area contributed by atoms with Gasteiger partial charge in [0.1, 0.15) is 0 Å². The Kier molecular flexibility index (Phi) is 3.00. The number of guanidine groups is 1. The fraction of sp³-hybridized carbons (Fsp3) is 0.0500. The van der Waals surface area contributed by atoms with Crippen molar-refractivity contribution in [2.75, 3.05) is 9.80 Å². The zero-order valence-electron chi connectivity index (χ0n) is 12.8. The molecule has 2 aromatic carbocycles. The van der Waals surface area contributed by atoms with Gasteiger partial charge in [-0.3, -0.25) is 9.80 Å². The topological polar surface area (TPSA) is 18.8 Å². The van der Waals surface area contributed by atoms with Gasteiger partial charge in [0.2, 0.25) is 5.96 Å². The fourth-order valence-corrected chi connectivity index (χ4v) is 3.96. The highest BCUT2D eigenvalue weighted by atomic mass is 79.9. The van der Waals surface area contributed by atoms with Gasteiger partial charge in [-0.05, 0) is 52.3 Å². The highest BCUT2D eigenvalue weighted by Gasteiger charge is 2.40. The van der Waals surface area contributed by atoms with Crippen molar-refractivity contribution < 1.29 is 0 Å². The number of aliphatic imine (C=N–C) groups is 1. The second kappa shape index (κ2) is 5.21. The molecule has 1 unspecified atom stereocenters. The summed E-state index contributed by atoms with van der Waals surface area (Å²) in [6.45, 7) is 0. The van der Waals surface area contributed by atoms with Crippen molar-refractivity contribution >= 4 is 39.0 Å². The number of allylic oxidation sites excluding steroid dienone is 3. The lowest BCUT2D eigenvalue weighted by Gasteiger charge is -2.30. The van der Waals surface area contributed by atoms with Gasteiger partial charge in [0, 0.05) is 10.2 Å². The number of rotatable bonds is 1. The van der Waals surface area contributed by atoms with Crippen molar-refractivity contribution in [3.05, 3.63) is 89.1 Å². The van der Waals surface area contributed by atoms with E-state index in [1.165, 1.54) is 5.69 Å². The lowest BCUT2D eigenvalue weighted by atomic mass is 10.1. The van der Waals surface area contributed by atoms with E-state index in [2.05, 4.69) is 92.5 Å². The quantitative estimate of drug-likeness (QED) is 0.685. The molecule has 2 bridgehead atoms. The molecule has 3 nitrogen and oxygen atoms in total. The summed E-state index contributed by atoms with van der Waals surface area (Å²) in [5, 5.41) is 0. The summed E-state index contributed by atoms with van der Waals surface area (Å²) < 4.78 is 1.07. The van der Waals surface area contributed by atoms with Gasteiger partial charge < -0.3 is 0 Å². The lowest BCUT2D eigenvalue weighted by Crippen LogP contribution is -2.43. The minimum Gasteiger partial charge on any atom is -0.299 e. The predicted octanol–water partition coefficient (Wildman–Crippen LogP) is 5.16. The fourth-order valence-electron chi connectivity index (χ4n) is 3.42. The van der Waals surface area contributed by atoms with Crippen LogP contribution in [-0.4, -0.2) is 12.0 Å². The molecule has 0 amide bonds. The Morgan fingerprint density at radius 1 is 0.958 bits per heavy atom. The Balaban J connectivity index is 1.78. The first-order valence-corrected chi connectivity index (χ1v) is 8.70. The van der Waals surface area contributed by atoms with Crippen molar-refractivity contribution in [3.63, 3.8) is 0 Å². The number of anilines is 3. The molecule has 0 saturated carbocycles. The molecule has 4 heteroatoms. The van der Waals surface area contributed by atoms with Crippen LogP contribution in [0.1, 0.15) is 0 Å². The van der Waals surface area contributed by atoms with E-state index in [9.17, 15) is 0 Å². The monoisotopic (exact) mass is 375 g/mol. The van der Waals surface area contributed by atoms with Gasteiger partial charge in [-0.1, -0.05) is 42.5 Å². The van der Waals surface area contributed by atoms with Crippen LogP contribution in [0.3, 0.4) is 0 Å². The minimum atomic E-state index is 0.171. The average Bonchev–Trinajstić information content (AvgIpc) is 2.83. The predicted molar refractivity (Wildman–Crippen MR) is 103 cm³/mol. The third-order valence-corrected chi connectivity index (χ3v) is 5.07. The van der Waals surface area contributed by atoms with Crippen molar-refractivity contribution in [2.24, 2.45) is 4.99 Å². The van der Waals surface area contributed by atoms with Gasteiger partial charge in [0.15, 0.2) is 0 Å². The van der Waals surface area contributed by atoms with Gasteiger partial charge in [-0.15, -0.1) is 0 Å². The molecule has 1 atom stereocenters. The molecule has 0 N–H and O–H groups in total. The van der Waals surface area contributed by atoms with E-state index < -0.39 is 0 Å². The first-order chi connectivity index (χ1) is 11.8. The smallest absolute Gasteiger partial charge is 0.216 e. The van der Waals surface area contributed by atoms with Crippen LogP contribution < -0.4 is 9.80 Å². The van der Waals surface area contributed by atoms with E-state index in [0.29, 0.717) is 0 Å². The number of hydrogen-bond donors (Lipinski definition) is 0. The van der Waals surface area contributed by atoms with E-state index in [0.717, 1.165) is 27.5 Å². The standard InChI is InChI=1S/C20H14BrN3/c21-17-11-6-12-18-19(17)24(15-8-2-1-3-9-15)20-22-14-7-4-5-10-16(13-14)23(18)20/h1-13,16H. The molecule has 2 aromatic rings. The van der Waals surface area contributed by atoms with E-state index in [4.69, 9.17) is 4.99 Å². The lowest BCUT2D eigenvalue weighted by molar-refractivity contribution is 0.945. The zero-order valence-corrected chi connectivity index (χ0v) is 14.4. The van der Waals surface area contributed by atoms with Crippen LogP contribution in [0.15, 0.2) is 94.1 Å². The largest absolute Gasteiger partial charge is 0.299 e. The van der Waals surface area contributed by atoms with Gasteiger partial charge in [-0.25, -0.2) is 4.99 Å². The first kappa shape index (κ1) is 13.8. The van der Waals surface area contributed by atoms with Crippen molar-refractivity contribution in [3.8, 4) is 0 Å². The molecular formula is C20H14BrN3. The molecular weight excluding hydrogens is 362 g/mol.